The van der Waals surface area contributed by atoms with Crippen LogP contribution in [0.3, 0.4) is 0 Å². The van der Waals surface area contributed by atoms with E-state index >= 15 is 0 Å². The maximum absolute atomic E-state index is 12.0. The number of nitrogens with zero attached hydrogens (tertiary/aromatic N) is 2. The molecule has 1 atom stereocenters. The number of rotatable bonds is 5. The van der Waals surface area contributed by atoms with Crippen LogP contribution in [0.2, 0.25) is 0 Å². The van der Waals surface area contributed by atoms with Crippen molar-refractivity contribution in [3.05, 3.63) is 10.6 Å². The van der Waals surface area contributed by atoms with Crippen molar-refractivity contribution < 1.29 is 4.79 Å². The van der Waals surface area contributed by atoms with Gasteiger partial charge in [-0.3, -0.25) is 4.79 Å². The third-order valence-corrected chi connectivity index (χ3v) is 3.09. The van der Waals surface area contributed by atoms with E-state index in [4.69, 9.17) is 6.42 Å². The quantitative estimate of drug-likeness (QED) is 0.816. The first-order valence-corrected chi connectivity index (χ1v) is 6.46. The van der Waals surface area contributed by atoms with Gasteiger partial charge in [0.1, 0.15) is 4.88 Å². The summed E-state index contributed by atoms with van der Waals surface area (Å²) in [4.78, 5) is 12.6. The van der Waals surface area contributed by atoms with Crippen molar-refractivity contribution in [2.24, 2.45) is 0 Å². The summed E-state index contributed by atoms with van der Waals surface area (Å²) >= 11 is 1.11. The van der Waals surface area contributed by atoms with E-state index in [9.17, 15) is 4.79 Å². The van der Waals surface area contributed by atoms with Gasteiger partial charge in [-0.05, 0) is 23.9 Å². The zero-order chi connectivity index (χ0) is 12.8. The second-order valence-corrected chi connectivity index (χ2v) is 4.88. The molecule has 0 aliphatic heterocycles. The van der Waals surface area contributed by atoms with Crippen LogP contribution in [0.15, 0.2) is 0 Å². The molecule has 0 spiro atoms. The summed E-state index contributed by atoms with van der Waals surface area (Å²) in [6.07, 6.45) is 7.09. The Morgan fingerprint density at radius 2 is 2.29 bits per heavy atom. The summed E-state index contributed by atoms with van der Waals surface area (Å²) < 4.78 is 3.82. The van der Waals surface area contributed by atoms with Crippen LogP contribution in [0.4, 0.5) is 0 Å². The lowest BCUT2D eigenvalue weighted by Crippen LogP contribution is -2.33. The number of carbonyl (C=O) groups is 1. The van der Waals surface area contributed by atoms with Gasteiger partial charge in [-0.15, -0.1) is 11.5 Å². The van der Waals surface area contributed by atoms with Crippen molar-refractivity contribution >= 4 is 17.4 Å². The maximum atomic E-state index is 12.0. The van der Waals surface area contributed by atoms with Crippen LogP contribution in [-0.2, 0) is 0 Å². The molecule has 1 amide bonds. The average molecular weight is 251 g/mol. The van der Waals surface area contributed by atoms with Crippen LogP contribution >= 0.6 is 11.5 Å². The first-order valence-electron chi connectivity index (χ1n) is 5.69. The fourth-order valence-corrected chi connectivity index (χ4v) is 2.16. The zero-order valence-corrected chi connectivity index (χ0v) is 11.2. The topological polar surface area (TPSA) is 54.9 Å². The van der Waals surface area contributed by atoms with E-state index < -0.39 is 0 Å². The third-order valence-electron chi connectivity index (χ3n) is 2.35. The predicted molar refractivity (Wildman–Crippen MR) is 69.0 cm³/mol. The van der Waals surface area contributed by atoms with Gasteiger partial charge in [0.15, 0.2) is 0 Å². The number of hydrogen-bond donors (Lipinski definition) is 1. The first-order chi connectivity index (χ1) is 8.10. The van der Waals surface area contributed by atoms with Gasteiger partial charge in [0, 0.05) is 0 Å². The number of nitrogens with one attached hydrogen (secondary N) is 1. The molecule has 1 rings (SSSR count). The summed E-state index contributed by atoms with van der Waals surface area (Å²) in [7, 11) is 0. The molecule has 0 fully saturated rings. The molecule has 1 heterocycles. The van der Waals surface area contributed by atoms with Crippen molar-refractivity contribution in [2.75, 3.05) is 0 Å². The molecule has 1 N–H and O–H groups in total. The van der Waals surface area contributed by atoms with E-state index in [-0.39, 0.29) is 17.9 Å². The van der Waals surface area contributed by atoms with E-state index in [1.54, 1.807) is 0 Å². The Hall–Kier alpha value is -1.41. The minimum atomic E-state index is -0.213. The highest BCUT2D eigenvalue weighted by Crippen LogP contribution is 2.19. The highest BCUT2D eigenvalue weighted by molar-refractivity contribution is 7.08. The minimum Gasteiger partial charge on any atom is -0.338 e. The molecule has 0 saturated heterocycles. The maximum Gasteiger partial charge on any atom is 0.265 e. The lowest BCUT2D eigenvalue weighted by atomic mass is 10.1. The standard InChI is InChI=1S/C12H17N3OS/c1-5-7-9(6-2)13-12(16)11-10(8(3)4)14-15-17-11/h2,8-9H,5,7H2,1,3-4H3,(H,13,16). The van der Waals surface area contributed by atoms with Crippen LogP contribution in [0, 0.1) is 12.3 Å². The van der Waals surface area contributed by atoms with Gasteiger partial charge in [0.05, 0.1) is 11.7 Å². The van der Waals surface area contributed by atoms with Gasteiger partial charge in [-0.2, -0.15) is 0 Å². The van der Waals surface area contributed by atoms with Crippen LogP contribution in [0.1, 0.15) is 54.9 Å². The van der Waals surface area contributed by atoms with Gasteiger partial charge < -0.3 is 5.32 Å². The van der Waals surface area contributed by atoms with E-state index in [1.165, 1.54) is 0 Å². The fraction of sp³-hybridized carbons (Fsp3) is 0.583. The normalized spacial score (nSPS) is 12.2. The van der Waals surface area contributed by atoms with Crippen molar-refractivity contribution in [1.82, 2.24) is 14.9 Å². The van der Waals surface area contributed by atoms with E-state index in [1.807, 2.05) is 20.8 Å². The summed E-state index contributed by atoms with van der Waals surface area (Å²) in [5.41, 5.74) is 0.736. The Balaban J connectivity index is 2.76. The molecule has 0 aliphatic carbocycles. The molecule has 4 nitrogen and oxygen atoms in total. The van der Waals surface area contributed by atoms with Crippen molar-refractivity contribution in [3.63, 3.8) is 0 Å². The molecule has 92 valence electrons. The number of hydrogen-bond acceptors (Lipinski definition) is 4. The van der Waals surface area contributed by atoms with Gasteiger partial charge in [0.2, 0.25) is 0 Å². The highest BCUT2D eigenvalue weighted by atomic mass is 32.1. The average Bonchev–Trinajstić information content (AvgIpc) is 2.77. The molecular weight excluding hydrogens is 234 g/mol. The van der Waals surface area contributed by atoms with Gasteiger partial charge in [-0.25, -0.2) is 0 Å². The molecule has 0 aliphatic rings. The van der Waals surface area contributed by atoms with Gasteiger partial charge >= 0.3 is 0 Å². The number of terminal acetylenes is 1. The summed E-state index contributed by atoms with van der Waals surface area (Å²) in [5, 5.41) is 6.79. The van der Waals surface area contributed by atoms with Gasteiger partial charge in [0.25, 0.3) is 5.91 Å². The third kappa shape index (κ3) is 3.53. The van der Waals surface area contributed by atoms with Crippen molar-refractivity contribution in [1.29, 1.82) is 0 Å². The molecule has 0 bridgehead atoms. The van der Waals surface area contributed by atoms with Crippen LogP contribution in [-0.4, -0.2) is 21.5 Å². The molecule has 0 aromatic carbocycles. The SMILES string of the molecule is C#CC(CCC)NC(=O)c1snnc1C(C)C. The lowest BCUT2D eigenvalue weighted by molar-refractivity contribution is 0.0947. The molecule has 0 radical (unpaired) electrons. The zero-order valence-electron chi connectivity index (χ0n) is 10.4. The van der Waals surface area contributed by atoms with E-state index in [2.05, 4.69) is 20.8 Å². The molecular formula is C12H17N3OS. The predicted octanol–water partition coefficient (Wildman–Crippen LogP) is 2.19. The minimum absolute atomic E-state index is 0.167. The second kappa shape index (κ2) is 6.36. The Kier molecular flexibility index (Phi) is 5.11. The first kappa shape index (κ1) is 13.7. The molecule has 5 heteroatoms. The Labute approximate surface area is 106 Å². The smallest absolute Gasteiger partial charge is 0.265 e. The Morgan fingerprint density at radius 1 is 1.59 bits per heavy atom. The summed E-state index contributed by atoms with van der Waals surface area (Å²) in [6.45, 7) is 6.00. The monoisotopic (exact) mass is 251 g/mol. The molecule has 1 aromatic rings. The summed E-state index contributed by atoms with van der Waals surface area (Å²) in [6, 6.07) is -0.213. The molecule has 0 saturated carbocycles. The highest BCUT2D eigenvalue weighted by Gasteiger charge is 2.20. The number of aromatic nitrogens is 2. The van der Waals surface area contributed by atoms with Gasteiger partial charge in [-0.1, -0.05) is 37.6 Å². The van der Waals surface area contributed by atoms with Crippen LogP contribution < -0.4 is 5.32 Å². The molecule has 1 unspecified atom stereocenters. The Bertz CT molecular complexity index is 420. The summed E-state index contributed by atoms with van der Waals surface area (Å²) in [5.74, 6) is 2.59. The van der Waals surface area contributed by atoms with E-state index in [0.717, 1.165) is 30.1 Å². The number of carbonyl (C=O) groups excluding carboxylic acids is 1. The Morgan fingerprint density at radius 3 is 2.82 bits per heavy atom. The number of amides is 1. The van der Waals surface area contributed by atoms with Crippen LogP contribution in [0.25, 0.3) is 0 Å². The van der Waals surface area contributed by atoms with E-state index in [0.29, 0.717) is 4.88 Å². The second-order valence-electron chi connectivity index (χ2n) is 4.12. The molecule has 17 heavy (non-hydrogen) atoms. The largest absolute Gasteiger partial charge is 0.338 e. The van der Waals surface area contributed by atoms with Crippen molar-refractivity contribution in [3.8, 4) is 12.3 Å². The van der Waals surface area contributed by atoms with Crippen LogP contribution in [0.5, 0.6) is 0 Å². The lowest BCUT2D eigenvalue weighted by Gasteiger charge is -2.11. The molecule has 1 aromatic heterocycles. The fourth-order valence-electron chi connectivity index (χ4n) is 1.44. The van der Waals surface area contributed by atoms with Crippen molar-refractivity contribution in [2.45, 2.75) is 45.6 Å².